The standard InChI is InChI=1S/C20H20BF2N3O3/c1-11-8-13(3)24-19(11)18(15-6-7-17(29-5)16(10-15)26(27)28)20-12(2)9-14(4)25(20)21(24,22)23/h6-10H,1-5H3. The van der Waals surface area contributed by atoms with Crippen molar-refractivity contribution in [3.63, 3.8) is 0 Å². The van der Waals surface area contributed by atoms with Crippen LogP contribution in [-0.2, 0) is 0 Å². The van der Waals surface area contributed by atoms with Gasteiger partial charge in [-0.05, 0) is 55.8 Å². The third-order valence-electron chi connectivity index (χ3n) is 5.60. The first-order valence-electron chi connectivity index (χ1n) is 9.19. The van der Waals surface area contributed by atoms with Gasteiger partial charge < -0.3 is 22.3 Å². The molecule has 0 spiro atoms. The molecule has 2 aliphatic rings. The number of halogens is 2. The van der Waals surface area contributed by atoms with Crippen molar-refractivity contribution in [3.05, 3.63) is 74.2 Å². The number of aryl methyl sites for hydroxylation is 2. The number of aromatic nitrogens is 1. The lowest BCUT2D eigenvalue weighted by Gasteiger charge is -2.34. The Balaban J connectivity index is 2.14. The van der Waals surface area contributed by atoms with Gasteiger partial charge in [-0.2, -0.15) is 0 Å². The molecular weight excluding hydrogens is 379 g/mol. The first-order chi connectivity index (χ1) is 13.6. The largest absolute Gasteiger partial charge is 0.737 e. The van der Waals surface area contributed by atoms with Crippen molar-refractivity contribution >= 4 is 23.9 Å². The SMILES string of the molecule is COc1ccc(C2=C3C(C)=CC(C)=[N+]3[B-](F)(F)n3c(C)cc(C)c32)cc1[N+](=O)[O-]. The Hall–Kier alpha value is -3.23. The molecule has 0 N–H and O–H groups in total. The highest BCUT2D eigenvalue weighted by molar-refractivity contribution is 6.58. The fourth-order valence-corrected chi connectivity index (χ4v) is 4.56. The summed E-state index contributed by atoms with van der Waals surface area (Å²) < 4.78 is 38.4. The van der Waals surface area contributed by atoms with E-state index in [2.05, 4.69) is 0 Å². The van der Waals surface area contributed by atoms with Crippen LogP contribution in [0.1, 0.15) is 36.4 Å². The lowest BCUT2D eigenvalue weighted by atomic mass is 9.83. The predicted octanol–water partition coefficient (Wildman–Crippen LogP) is 4.45. The number of benzene rings is 1. The minimum Gasteiger partial charge on any atom is -0.490 e. The predicted molar refractivity (Wildman–Crippen MR) is 108 cm³/mol. The zero-order chi connectivity index (χ0) is 21.2. The Bertz CT molecular complexity index is 1190. The Morgan fingerprint density at radius 3 is 2.48 bits per heavy atom. The molecule has 0 amide bonds. The summed E-state index contributed by atoms with van der Waals surface area (Å²) in [6.07, 6.45) is 1.72. The van der Waals surface area contributed by atoms with Crippen molar-refractivity contribution in [3.8, 4) is 5.75 Å². The molecule has 29 heavy (non-hydrogen) atoms. The third-order valence-corrected chi connectivity index (χ3v) is 5.60. The number of methoxy groups -OCH3 is 1. The summed E-state index contributed by atoms with van der Waals surface area (Å²) in [5.74, 6) is 0.122. The molecule has 1 aromatic heterocycles. The van der Waals surface area contributed by atoms with Crippen LogP contribution in [0.5, 0.6) is 5.75 Å². The highest BCUT2D eigenvalue weighted by Crippen LogP contribution is 2.45. The van der Waals surface area contributed by atoms with E-state index in [4.69, 9.17) is 4.74 Å². The van der Waals surface area contributed by atoms with E-state index in [-0.39, 0.29) is 11.4 Å². The molecule has 150 valence electrons. The van der Waals surface area contributed by atoms with Crippen molar-refractivity contribution in [2.75, 3.05) is 7.11 Å². The number of fused-ring (bicyclic) bond motifs is 2. The highest BCUT2D eigenvalue weighted by Gasteiger charge is 2.55. The second-order valence-electron chi connectivity index (χ2n) is 7.48. The Labute approximate surface area is 166 Å². The van der Waals surface area contributed by atoms with Crippen LogP contribution >= 0.6 is 0 Å². The first-order valence-corrected chi connectivity index (χ1v) is 9.19. The molecule has 0 saturated heterocycles. The Morgan fingerprint density at radius 2 is 1.86 bits per heavy atom. The third kappa shape index (κ3) is 2.49. The van der Waals surface area contributed by atoms with Crippen LogP contribution in [0.25, 0.3) is 5.57 Å². The molecule has 4 rings (SSSR count). The van der Waals surface area contributed by atoms with Crippen molar-refractivity contribution < 1.29 is 22.8 Å². The van der Waals surface area contributed by atoms with Crippen LogP contribution < -0.4 is 4.74 Å². The zero-order valence-corrected chi connectivity index (χ0v) is 16.8. The molecule has 1 aromatic carbocycles. The second-order valence-corrected chi connectivity index (χ2v) is 7.48. The van der Waals surface area contributed by atoms with E-state index < -0.39 is 11.9 Å². The van der Waals surface area contributed by atoms with E-state index in [1.54, 1.807) is 45.9 Å². The van der Waals surface area contributed by atoms with Crippen LogP contribution in [-0.4, -0.2) is 33.7 Å². The number of nitro groups is 1. The monoisotopic (exact) mass is 399 g/mol. The number of nitrogens with zero attached hydrogens (tertiary/aromatic N) is 3. The minimum atomic E-state index is -4.08. The number of hydrogen-bond donors (Lipinski definition) is 0. The molecule has 3 heterocycles. The lowest BCUT2D eigenvalue weighted by molar-refractivity contribution is -0.385. The molecule has 9 heteroatoms. The average molecular weight is 399 g/mol. The maximum atomic E-state index is 15.6. The van der Waals surface area contributed by atoms with E-state index in [0.29, 0.717) is 45.1 Å². The lowest BCUT2D eigenvalue weighted by Crippen LogP contribution is -2.51. The summed E-state index contributed by atoms with van der Waals surface area (Å²) in [6, 6.07) is 6.29. The van der Waals surface area contributed by atoms with E-state index in [0.717, 1.165) is 8.96 Å². The van der Waals surface area contributed by atoms with Crippen molar-refractivity contribution in [1.82, 2.24) is 4.48 Å². The molecule has 0 atom stereocenters. The van der Waals surface area contributed by atoms with Gasteiger partial charge in [0.05, 0.1) is 17.6 Å². The Kier molecular flexibility index (Phi) is 4.04. The average Bonchev–Trinajstić information content (AvgIpc) is 3.11. The Morgan fingerprint density at radius 1 is 1.17 bits per heavy atom. The smallest absolute Gasteiger partial charge is 0.490 e. The maximum Gasteiger partial charge on any atom is 0.737 e. The summed E-state index contributed by atoms with van der Waals surface area (Å²) in [7, 11) is 1.36. The number of ether oxygens (including phenoxy) is 1. The number of allylic oxidation sites excluding steroid dienone is 2. The van der Waals surface area contributed by atoms with E-state index in [1.165, 1.54) is 19.2 Å². The van der Waals surface area contributed by atoms with Crippen LogP contribution in [0, 0.1) is 24.0 Å². The maximum absolute atomic E-state index is 15.6. The summed E-state index contributed by atoms with van der Waals surface area (Å²) >= 11 is 0. The van der Waals surface area contributed by atoms with Gasteiger partial charge in [0, 0.05) is 30.3 Å². The summed E-state index contributed by atoms with van der Waals surface area (Å²) in [4.78, 5) is 11.0. The van der Waals surface area contributed by atoms with Crippen molar-refractivity contribution in [2.45, 2.75) is 27.7 Å². The van der Waals surface area contributed by atoms with Crippen LogP contribution in [0.15, 0.2) is 41.6 Å². The molecule has 0 fully saturated rings. The zero-order valence-electron chi connectivity index (χ0n) is 16.8. The molecule has 2 aliphatic heterocycles. The number of rotatable bonds is 3. The van der Waals surface area contributed by atoms with Gasteiger partial charge in [-0.3, -0.25) is 10.1 Å². The van der Waals surface area contributed by atoms with Gasteiger partial charge >= 0.3 is 12.7 Å². The van der Waals surface area contributed by atoms with E-state index >= 15 is 8.63 Å². The molecule has 0 radical (unpaired) electrons. The van der Waals surface area contributed by atoms with Gasteiger partial charge in [0.1, 0.15) is 5.71 Å². The first kappa shape index (κ1) is 19.1. The fourth-order valence-electron chi connectivity index (χ4n) is 4.56. The summed E-state index contributed by atoms with van der Waals surface area (Å²) in [6.45, 7) is 2.78. The fraction of sp³-hybridized carbons (Fsp3) is 0.250. The summed E-state index contributed by atoms with van der Waals surface area (Å²) in [5, 5.41) is 11.5. The van der Waals surface area contributed by atoms with Gasteiger partial charge in [0.15, 0.2) is 11.4 Å². The number of nitro benzene ring substituents is 1. The summed E-state index contributed by atoms with van der Waals surface area (Å²) in [5.41, 5.74) is 3.90. The minimum absolute atomic E-state index is 0.122. The van der Waals surface area contributed by atoms with E-state index in [9.17, 15) is 10.1 Å². The number of hydrogen-bond acceptors (Lipinski definition) is 3. The quantitative estimate of drug-likeness (QED) is 0.435. The van der Waals surface area contributed by atoms with Gasteiger partial charge in [0.25, 0.3) is 0 Å². The van der Waals surface area contributed by atoms with Crippen LogP contribution in [0.3, 0.4) is 0 Å². The van der Waals surface area contributed by atoms with Crippen LogP contribution in [0.4, 0.5) is 14.3 Å². The second kappa shape index (κ2) is 6.14. The topological polar surface area (TPSA) is 60.3 Å². The molecule has 2 aromatic rings. The van der Waals surface area contributed by atoms with Crippen molar-refractivity contribution in [2.24, 2.45) is 0 Å². The molecular formula is C20H20BF2N3O3. The molecule has 0 unspecified atom stereocenters. The van der Waals surface area contributed by atoms with Crippen molar-refractivity contribution in [1.29, 1.82) is 0 Å². The molecule has 0 aliphatic carbocycles. The molecule has 6 nitrogen and oxygen atoms in total. The van der Waals surface area contributed by atoms with Gasteiger partial charge in [-0.25, -0.2) is 0 Å². The van der Waals surface area contributed by atoms with Crippen LogP contribution in [0.2, 0.25) is 0 Å². The normalized spacial score (nSPS) is 17.3. The van der Waals surface area contributed by atoms with Gasteiger partial charge in [-0.1, -0.05) is 0 Å². The molecule has 0 saturated carbocycles. The van der Waals surface area contributed by atoms with E-state index in [1.807, 2.05) is 0 Å². The molecule has 0 bridgehead atoms. The van der Waals surface area contributed by atoms with Gasteiger partial charge in [-0.15, -0.1) is 0 Å². The van der Waals surface area contributed by atoms with Gasteiger partial charge in [0.2, 0.25) is 0 Å². The highest BCUT2D eigenvalue weighted by atomic mass is 19.2.